The first-order valence-electron chi connectivity index (χ1n) is 5.69. The summed E-state index contributed by atoms with van der Waals surface area (Å²) in [7, 11) is 0. The fourth-order valence-electron chi connectivity index (χ4n) is 1.68. The molecule has 104 valence electrons. The highest BCUT2D eigenvalue weighted by molar-refractivity contribution is 5.32. The number of nitrogens with zero attached hydrogens (tertiary/aromatic N) is 3. The van der Waals surface area contributed by atoms with E-state index in [9.17, 15) is 18.3 Å². The number of hydrogen-bond acceptors (Lipinski definition) is 3. The molecule has 1 unspecified atom stereocenters. The molecule has 1 aromatic heterocycles. The van der Waals surface area contributed by atoms with Gasteiger partial charge in [-0.1, -0.05) is 12.1 Å². The summed E-state index contributed by atoms with van der Waals surface area (Å²) in [5.74, 6) is 0. The minimum absolute atomic E-state index is 0.0953. The van der Waals surface area contributed by atoms with Gasteiger partial charge in [-0.2, -0.15) is 23.5 Å². The molecule has 20 heavy (non-hydrogen) atoms. The minimum atomic E-state index is -4.50. The quantitative estimate of drug-likeness (QED) is 0.940. The van der Waals surface area contributed by atoms with Crippen LogP contribution in [0.25, 0.3) is 0 Å². The van der Waals surface area contributed by atoms with Crippen LogP contribution in [0.15, 0.2) is 36.5 Å². The molecule has 0 aliphatic carbocycles. The van der Waals surface area contributed by atoms with E-state index in [2.05, 4.69) is 5.10 Å². The lowest BCUT2D eigenvalue weighted by molar-refractivity contribution is -0.141. The molecule has 1 N–H and O–H groups in total. The Balaban J connectivity index is 2.09. The number of halogens is 3. The van der Waals surface area contributed by atoms with Crippen molar-refractivity contribution in [2.24, 2.45) is 0 Å². The third-order valence-corrected chi connectivity index (χ3v) is 2.72. The third-order valence-electron chi connectivity index (χ3n) is 2.72. The second-order valence-electron chi connectivity index (χ2n) is 4.17. The van der Waals surface area contributed by atoms with Gasteiger partial charge in [-0.3, -0.25) is 4.68 Å². The van der Waals surface area contributed by atoms with Crippen molar-refractivity contribution in [1.29, 1.82) is 5.26 Å². The van der Waals surface area contributed by atoms with Gasteiger partial charge in [-0.25, -0.2) is 0 Å². The topological polar surface area (TPSA) is 61.8 Å². The molecule has 0 fully saturated rings. The Morgan fingerprint density at radius 2 is 1.90 bits per heavy atom. The first kappa shape index (κ1) is 14.1. The molecule has 0 saturated carbocycles. The van der Waals surface area contributed by atoms with Crippen LogP contribution in [-0.2, 0) is 12.7 Å². The zero-order valence-corrected chi connectivity index (χ0v) is 10.2. The summed E-state index contributed by atoms with van der Waals surface area (Å²) in [5.41, 5.74) is -0.0445. The van der Waals surface area contributed by atoms with E-state index >= 15 is 0 Å². The molecule has 1 heterocycles. The van der Waals surface area contributed by atoms with Gasteiger partial charge >= 0.3 is 6.18 Å². The van der Waals surface area contributed by atoms with Gasteiger partial charge in [0.1, 0.15) is 0 Å². The van der Waals surface area contributed by atoms with E-state index in [4.69, 9.17) is 5.26 Å². The third kappa shape index (κ3) is 3.16. The zero-order chi connectivity index (χ0) is 14.8. The van der Waals surface area contributed by atoms with E-state index in [1.165, 1.54) is 12.1 Å². The van der Waals surface area contributed by atoms with Gasteiger partial charge < -0.3 is 5.11 Å². The average Bonchev–Trinajstić information content (AvgIpc) is 2.87. The number of rotatable bonds is 3. The molecule has 0 spiro atoms. The molecule has 0 aliphatic heterocycles. The van der Waals surface area contributed by atoms with Crippen LogP contribution < -0.4 is 0 Å². The molecule has 1 atom stereocenters. The minimum Gasteiger partial charge on any atom is -0.386 e. The lowest BCUT2D eigenvalue weighted by atomic mass is 10.1. The number of alkyl halides is 3. The largest absolute Gasteiger partial charge is 0.435 e. The normalized spacial score (nSPS) is 12.9. The average molecular weight is 281 g/mol. The Morgan fingerprint density at radius 3 is 2.40 bits per heavy atom. The van der Waals surface area contributed by atoms with Crippen LogP contribution >= 0.6 is 0 Å². The summed E-state index contributed by atoms with van der Waals surface area (Å²) in [4.78, 5) is 0. The molecule has 1 aromatic carbocycles. The lowest BCUT2D eigenvalue weighted by Gasteiger charge is -2.11. The van der Waals surface area contributed by atoms with Crippen LogP contribution in [0.2, 0.25) is 0 Å². The summed E-state index contributed by atoms with van der Waals surface area (Å²) in [6.07, 6.45) is -4.33. The van der Waals surface area contributed by atoms with Crippen molar-refractivity contribution in [3.63, 3.8) is 0 Å². The number of nitriles is 1. The van der Waals surface area contributed by atoms with Crippen LogP contribution in [0.5, 0.6) is 0 Å². The maximum absolute atomic E-state index is 12.4. The van der Waals surface area contributed by atoms with Gasteiger partial charge in [0.2, 0.25) is 0 Å². The van der Waals surface area contributed by atoms with Gasteiger partial charge in [-0.05, 0) is 23.8 Å². The van der Waals surface area contributed by atoms with Crippen molar-refractivity contribution in [2.75, 3.05) is 0 Å². The fourth-order valence-corrected chi connectivity index (χ4v) is 1.68. The van der Waals surface area contributed by atoms with E-state index in [1.807, 2.05) is 6.07 Å². The van der Waals surface area contributed by atoms with Crippen molar-refractivity contribution in [3.05, 3.63) is 53.3 Å². The van der Waals surface area contributed by atoms with E-state index in [0.29, 0.717) is 11.1 Å². The second kappa shape index (κ2) is 5.35. The highest BCUT2D eigenvalue weighted by atomic mass is 19.4. The van der Waals surface area contributed by atoms with Crippen LogP contribution in [0.3, 0.4) is 0 Å². The van der Waals surface area contributed by atoms with E-state index in [1.54, 1.807) is 12.1 Å². The van der Waals surface area contributed by atoms with Crippen molar-refractivity contribution in [3.8, 4) is 6.07 Å². The van der Waals surface area contributed by atoms with Crippen LogP contribution in [0.4, 0.5) is 13.2 Å². The van der Waals surface area contributed by atoms with Crippen molar-refractivity contribution < 1.29 is 18.3 Å². The van der Waals surface area contributed by atoms with Gasteiger partial charge in [0.25, 0.3) is 0 Å². The van der Waals surface area contributed by atoms with Gasteiger partial charge in [0.15, 0.2) is 5.69 Å². The number of aliphatic hydroxyl groups is 1. The van der Waals surface area contributed by atoms with E-state index in [-0.39, 0.29) is 6.54 Å². The summed E-state index contributed by atoms with van der Waals surface area (Å²) in [5, 5.41) is 21.9. The number of aliphatic hydroxyl groups excluding tert-OH is 1. The van der Waals surface area contributed by atoms with Crippen LogP contribution in [-0.4, -0.2) is 14.9 Å². The number of hydrogen-bond donors (Lipinski definition) is 1. The highest BCUT2D eigenvalue weighted by Gasteiger charge is 2.33. The molecular weight excluding hydrogens is 271 g/mol. The number of aromatic nitrogens is 2. The Morgan fingerprint density at radius 1 is 1.25 bits per heavy atom. The Hall–Kier alpha value is -2.33. The molecule has 0 aliphatic rings. The second-order valence-corrected chi connectivity index (χ2v) is 4.17. The van der Waals surface area contributed by atoms with Crippen molar-refractivity contribution >= 4 is 0 Å². The standard InChI is InChI=1S/C13H10F3N3O/c14-13(15,16)12-5-6-19(18-12)8-11(20)10-3-1-9(7-17)2-4-10/h1-6,11,20H,8H2. The Bertz CT molecular complexity index is 626. The molecule has 0 bridgehead atoms. The Kier molecular flexibility index (Phi) is 3.77. The molecule has 0 saturated heterocycles. The summed E-state index contributed by atoms with van der Waals surface area (Å²) in [6, 6.07) is 8.96. The molecule has 0 amide bonds. The monoisotopic (exact) mass is 281 g/mol. The first-order valence-corrected chi connectivity index (χ1v) is 5.69. The first-order chi connectivity index (χ1) is 9.40. The fraction of sp³-hybridized carbons (Fsp3) is 0.231. The molecule has 2 rings (SSSR count). The smallest absolute Gasteiger partial charge is 0.386 e. The van der Waals surface area contributed by atoms with Gasteiger partial charge in [0.05, 0.1) is 24.3 Å². The van der Waals surface area contributed by atoms with Gasteiger partial charge in [0, 0.05) is 6.20 Å². The van der Waals surface area contributed by atoms with Crippen molar-refractivity contribution in [1.82, 2.24) is 9.78 Å². The SMILES string of the molecule is N#Cc1ccc(C(O)Cn2ccc(C(F)(F)F)n2)cc1. The molecule has 7 heteroatoms. The predicted molar refractivity (Wildman–Crippen MR) is 63.3 cm³/mol. The molecule has 2 aromatic rings. The van der Waals surface area contributed by atoms with Crippen LogP contribution in [0, 0.1) is 11.3 Å². The summed E-state index contributed by atoms with van der Waals surface area (Å²) >= 11 is 0. The molecule has 0 radical (unpaired) electrons. The summed E-state index contributed by atoms with van der Waals surface area (Å²) < 4.78 is 38.2. The van der Waals surface area contributed by atoms with E-state index in [0.717, 1.165) is 16.9 Å². The summed E-state index contributed by atoms with van der Waals surface area (Å²) in [6.45, 7) is -0.0953. The lowest BCUT2D eigenvalue weighted by Crippen LogP contribution is -2.12. The molecule has 4 nitrogen and oxygen atoms in total. The zero-order valence-electron chi connectivity index (χ0n) is 10.2. The maximum atomic E-state index is 12.4. The maximum Gasteiger partial charge on any atom is 0.435 e. The van der Waals surface area contributed by atoms with Gasteiger partial charge in [-0.15, -0.1) is 0 Å². The number of benzene rings is 1. The van der Waals surface area contributed by atoms with Crippen molar-refractivity contribution in [2.45, 2.75) is 18.8 Å². The Labute approximate surface area is 112 Å². The van der Waals surface area contributed by atoms with E-state index < -0.39 is 18.0 Å². The molecular formula is C13H10F3N3O. The van der Waals surface area contributed by atoms with Crippen LogP contribution in [0.1, 0.15) is 22.9 Å². The predicted octanol–water partition coefficient (Wildman–Crippen LogP) is 2.51. The highest BCUT2D eigenvalue weighted by Crippen LogP contribution is 2.27.